The molecule has 4 aromatic rings. The molecular weight excluding hydrogens is 587 g/mol. The number of hydrogen-bond acceptors (Lipinski definition) is 8. The minimum atomic E-state index is -1.23. The molecule has 2 atom stereocenters. The maximum absolute atomic E-state index is 15.3. The van der Waals surface area contributed by atoms with Crippen LogP contribution in [0.2, 0.25) is 0 Å². The Bertz CT molecular complexity index is 1710. The number of ether oxygens (including phenoxy) is 2. The summed E-state index contributed by atoms with van der Waals surface area (Å²) in [6.45, 7) is 10.4. The van der Waals surface area contributed by atoms with E-state index in [1.165, 1.54) is 37.4 Å². The van der Waals surface area contributed by atoms with Crippen molar-refractivity contribution < 1.29 is 23.8 Å². The van der Waals surface area contributed by atoms with Gasteiger partial charge in [-0.3, -0.25) is 0 Å². The Hall–Kier alpha value is -4.90. The highest BCUT2D eigenvalue weighted by molar-refractivity contribution is 5.87. The summed E-state index contributed by atoms with van der Waals surface area (Å²) >= 11 is 0. The normalized spacial score (nSPS) is 15.7. The molecule has 5 rings (SSSR count). The number of piperazine rings is 1. The van der Waals surface area contributed by atoms with E-state index in [1.807, 2.05) is 43.9 Å². The summed E-state index contributed by atoms with van der Waals surface area (Å²) in [5.41, 5.74) is 5.25. The Balaban J connectivity index is 1.55. The summed E-state index contributed by atoms with van der Waals surface area (Å²) in [7, 11) is 5.14. The molecule has 1 aliphatic heterocycles. The fourth-order valence-corrected chi connectivity index (χ4v) is 6.30. The average Bonchev–Trinajstić information content (AvgIpc) is 3.01. The predicted octanol–water partition coefficient (Wildman–Crippen LogP) is 6.72. The zero-order valence-electron chi connectivity index (χ0n) is 27.3. The van der Waals surface area contributed by atoms with Gasteiger partial charge in [0.2, 0.25) is 5.95 Å². The molecule has 10 nitrogen and oxygen atoms in total. The number of aromatic nitrogens is 2. The van der Waals surface area contributed by atoms with Crippen LogP contribution in [-0.4, -0.2) is 73.0 Å². The lowest BCUT2D eigenvalue weighted by molar-refractivity contribution is 0.199. The number of aryl methyl sites for hydroxylation is 3. The van der Waals surface area contributed by atoms with Crippen LogP contribution in [0.25, 0.3) is 0 Å². The smallest absolute Gasteiger partial charge is 0.413 e. The van der Waals surface area contributed by atoms with E-state index in [0.29, 0.717) is 34.5 Å². The van der Waals surface area contributed by atoms with Gasteiger partial charge in [0.15, 0.2) is 11.5 Å². The molecule has 2 unspecified atom stereocenters. The van der Waals surface area contributed by atoms with Crippen molar-refractivity contribution in [2.24, 2.45) is 0 Å². The predicted molar refractivity (Wildman–Crippen MR) is 179 cm³/mol. The molecule has 242 valence electrons. The Labute approximate surface area is 269 Å². The van der Waals surface area contributed by atoms with Crippen LogP contribution in [0.3, 0.4) is 0 Å². The third-order valence-electron chi connectivity index (χ3n) is 8.60. The highest BCUT2D eigenvalue weighted by Gasteiger charge is 2.35. The number of rotatable bonds is 9. The van der Waals surface area contributed by atoms with E-state index in [4.69, 9.17) is 9.47 Å². The van der Waals surface area contributed by atoms with Crippen molar-refractivity contribution >= 4 is 29.2 Å². The number of hydrogen-bond donors (Lipinski definition) is 2. The highest BCUT2D eigenvalue weighted by Crippen LogP contribution is 2.43. The highest BCUT2D eigenvalue weighted by atomic mass is 19.1. The lowest BCUT2D eigenvalue weighted by atomic mass is 9.88. The van der Waals surface area contributed by atoms with Crippen LogP contribution in [-0.2, 0) is 0 Å². The van der Waals surface area contributed by atoms with Crippen LogP contribution in [0.4, 0.5) is 32.3 Å². The van der Waals surface area contributed by atoms with E-state index in [9.17, 15) is 9.90 Å². The molecule has 2 heterocycles. The molecule has 0 bridgehead atoms. The Morgan fingerprint density at radius 2 is 1.80 bits per heavy atom. The van der Waals surface area contributed by atoms with Crippen molar-refractivity contribution in [3.8, 4) is 11.5 Å². The molecule has 1 fully saturated rings. The fraction of sp³-hybridized carbons (Fsp3) is 0.343. The molecule has 1 saturated heterocycles. The second kappa shape index (κ2) is 13.6. The summed E-state index contributed by atoms with van der Waals surface area (Å²) in [4.78, 5) is 27.6. The van der Waals surface area contributed by atoms with E-state index in [0.717, 1.165) is 41.9 Å². The van der Waals surface area contributed by atoms with Gasteiger partial charge in [0.05, 0.1) is 25.9 Å². The van der Waals surface area contributed by atoms with Crippen LogP contribution in [0.15, 0.2) is 60.8 Å². The van der Waals surface area contributed by atoms with Gasteiger partial charge in [0, 0.05) is 43.1 Å². The number of benzene rings is 3. The molecule has 0 saturated carbocycles. The number of para-hydroxylation sites is 1. The first-order valence-corrected chi connectivity index (χ1v) is 15.2. The number of carboxylic acid groups (broad SMARTS) is 1. The van der Waals surface area contributed by atoms with Crippen molar-refractivity contribution in [1.82, 2.24) is 14.9 Å². The van der Waals surface area contributed by atoms with Crippen LogP contribution in [0.1, 0.15) is 40.8 Å². The summed E-state index contributed by atoms with van der Waals surface area (Å²) in [6.07, 6.45) is 0.252. The van der Waals surface area contributed by atoms with Gasteiger partial charge in [-0.1, -0.05) is 29.8 Å². The van der Waals surface area contributed by atoms with E-state index < -0.39 is 12.1 Å². The van der Waals surface area contributed by atoms with Crippen LogP contribution in [0.5, 0.6) is 11.5 Å². The molecular formula is C35H41FN6O4. The van der Waals surface area contributed by atoms with Gasteiger partial charge >= 0.3 is 6.09 Å². The largest absolute Gasteiger partial charge is 0.493 e. The summed E-state index contributed by atoms with van der Waals surface area (Å²) in [5.74, 6) is 0.777. The summed E-state index contributed by atoms with van der Waals surface area (Å²) < 4.78 is 26.7. The minimum Gasteiger partial charge on any atom is -0.493 e. The fourth-order valence-electron chi connectivity index (χ4n) is 6.30. The standard InChI is InChI=1S/C35H41FN6O4/c1-21-17-22(2)31(23(3)18-21)32(26-9-8-10-29(45-6)33(26)46-7)42(35(43)44)30-13-14-37-34(39-30)38-25-11-12-28(27(36)19-25)41-16-15-40(5)24(4)20-41/h8-14,17-19,24,32H,15-16,20H2,1-7H3,(H,43,44)(H,37,38,39). The number of halogens is 1. The molecule has 46 heavy (non-hydrogen) atoms. The SMILES string of the molecule is COc1cccc(C(c2c(C)cc(C)cc2C)N(C(=O)O)c2ccnc(Nc3ccc(N4CCN(C)C(C)C4)c(F)c3)n2)c1OC. The Morgan fingerprint density at radius 1 is 1.07 bits per heavy atom. The molecule has 1 amide bonds. The topological polar surface area (TPSA) is 103 Å². The van der Waals surface area contributed by atoms with Crippen LogP contribution in [0, 0.1) is 26.6 Å². The van der Waals surface area contributed by atoms with E-state index in [1.54, 1.807) is 24.3 Å². The van der Waals surface area contributed by atoms with Gasteiger partial charge in [-0.15, -0.1) is 0 Å². The van der Waals surface area contributed by atoms with Gasteiger partial charge in [0.1, 0.15) is 11.6 Å². The molecule has 0 aliphatic carbocycles. The molecule has 3 aromatic carbocycles. The molecule has 0 radical (unpaired) electrons. The quantitative estimate of drug-likeness (QED) is 0.209. The van der Waals surface area contributed by atoms with Crippen molar-refractivity contribution in [3.63, 3.8) is 0 Å². The van der Waals surface area contributed by atoms with Gasteiger partial charge in [-0.2, -0.15) is 4.98 Å². The number of methoxy groups -OCH3 is 2. The number of nitrogens with zero attached hydrogens (tertiary/aromatic N) is 5. The molecule has 1 aromatic heterocycles. The number of amides is 1. The number of carbonyl (C=O) groups is 1. The molecule has 11 heteroatoms. The number of likely N-dealkylation sites (N-methyl/N-ethyl adjacent to an activating group) is 1. The first-order chi connectivity index (χ1) is 22.0. The third kappa shape index (κ3) is 6.55. The summed E-state index contributed by atoms with van der Waals surface area (Å²) in [6, 6.07) is 15.4. The monoisotopic (exact) mass is 628 g/mol. The minimum absolute atomic E-state index is 0.123. The summed E-state index contributed by atoms with van der Waals surface area (Å²) in [5, 5.41) is 13.8. The van der Waals surface area contributed by atoms with E-state index in [2.05, 4.69) is 34.2 Å². The maximum Gasteiger partial charge on any atom is 0.413 e. The van der Waals surface area contributed by atoms with Gasteiger partial charge in [-0.05, 0) is 81.8 Å². The zero-order valence-corrected chi connectivity index (χ0v) is 27.3. The van der Waals surface area contributed by atoms with Gasteiger partial charge in [0.25, 0.3) is 0 Å². The maximum atomic E-state index is 15.3. The lowest BCUT2D eigenvalue weighted by Gasteiger charge is -2.39. The van der Waals surface area contributed by atoms with Crippen molar-refractivity contribution in [2.45, 2.75) is 39.8 Å². The average molecular weight is 629 g/mol. The van der Waals surface area contributed by atoms with Gasteiger partial charge < -0.3 is 29.7 Å². The van der Waals surface area contributed by atoms with Crippen molar-refractivity contribution in [2.75, 3.05) is 56.0 Å². The van der Waals surface area contributed by atoms with Gasteiger partial charge in [-0.25, -0.2) is 19.1 Å². The lowest BCUT2D eigenvalue weighted by Crippen LogP contribution is -2.50. The Kier molecular flexibility index (Phi) is 9.62. The van der Waals surface area contributed by atoms with Crippen molar-refractivity contribution in [3.05, 3.63) is 94.4 Å². The molecule has 2 N–H and O–H groups in total. The second-order valence-corrected chi connectivity index (χ2v) is 11.8. The first-order valence-electron chi connectivity index (χ1n) is 15.2. The van der Waals surface area contributed by atoms with E-state index in [-0.39, 0.29) is 17.6 Å². The van der Waals surface area contributed by atoms with Crippen molar-refractivity contribution in [1.29, 1.82) is 0 Å². The third-order valence-corrected chi connectivity index (χ3v) is 8.60. The van der Waals surface area contributed by atoms with E-state index >= 15 is 4.39 Å². The molecule has 1 aliphatic rings. The number of nitrogens with one attached hydrogen (secondary N) is 1. The van der Waals surface area contributed by atoms with Crippen LogP contribution < -0.4 is 24.6 Å². The number of anilines is 4. The first kappa shape index (κ1) is 32.5. The second-order valence-electron chi connectivity index (χ2n) is 11.8. The van der Waals surface area contributed by atoms with Crippen LogP contribution >= 0.6 is 0 Å². The Morgan fingerprint density at radius 3 is 2.43 bits per heavy atom. The molecule has 0 spiro atoms. The zero-order chi connectivity index (χ0) is 33.1.